The van der Waals surface area contributed by atoms with Gasteiger partial charge in [0.2, 0.25) is 5.13 Å². The molecule has 2 rings (SSSR count). The predicted octanol–water partition coefficient (Wildman–Crippen LogP) is 1.84. The Morgan fingerprint density at radius 2 is 2.10 bits per heavy atom. The van der Waals surface area contributed by atoms with Gasteiger partial charge >= 0.3 is 12.0 Å². The Hall–Kier alpha value is -2.55. The van der Waals surface area contributed by atoms with E-state index in [1.165, 1.54) is 29.8 Å². The Morgan fingerprint density at radius 3 is 2.75 bits per heavy atom. The minimum atomic E-state index is -1.11. The lowest BCUT2D eigenvalue weighted by atomic mass is 10.3. The van der Waals surface area contributed by atoms with Crippen molar-refractivity contribution in [1.29, 1.82) is 0 Å². The molecule has 0 fully saturated rings. The van der Waals surface area contributed by atoms with E-state index < -0.39 is 12.0 Å². The lowest BCUT2D eigenvalue weighted by molar-refractivity contribution is 0.0696. The molecule has 104 valence electrons. The summed E-state index contributed by atoms with van der Waals surface area (Å²) >= 11 is 1.28. The Morgan fingerprint density at radius 1 is 1.30 bits per heavy atom. The Labute approximate surface area is 117 Å². The van der Waals surface area contributed by atoms with Gasteiger partial charge in [-0.3, -0.25) is 10.3 Å². The molecule has 0 aliphatic rings. The van der Waals surface area contributed by atoms with E-state index in [9.17, 15) is 9.59 Å². The molecule has 0 unspecified atom stereocenters. The number of carboxylic acid groups (broad SMARTS) is 1. The van der Waals surface area contributed by atoms with Crippen LogP contribution in [0.4, 0.5) is 15.6 Å². The molecule has 0 atom stereocenters. The second-order valence-electron chi connectivity index (χ2n) is 3.70. The molecule has 2 heterocycles. The maximum absolute atomic E-state index is 11.7. The molecule has 2 amide bonds. The van der Waals surface area contributed by atoms with Crippen LogP contribution < -0.4 is 10.6 Å². The number of carbonyl (C=O) groups excluding carboxylic acids is 1. The Balaban J connectivity index is 2.00. The Kier molecular flexibility index (Phi) is 4.20. The van der Waals surface area contributed by atoms with Crippen molar-refractivity contribution in [3.8, 4) is 0 Å². The van der Waals surface area contributed by atoms with Crippen molar-refractivity contribution in [2.45, 2.75) is 13.3 Å². The maximum Gasteiger partial charge on any atom is 0.337 e. The molecule has 0 saturated carbocycles. The van der Waals surface area contributed by atoms with Crippen LogP contribution in [0.15, 0.2) is 18.5 Å². The third kappa shape index (κ3) is 3.48. The number of hydrogen-bond acceptors (Lipinski definition) is 6. The summed E-state index contributed by atoms with van der Waals surface area (Å²) in [5.41, 5.74) is 0.273. The molecule has 0 bridgehead atoms. The van der Waals surface area contributed by atoms with Gasteiger partial charge in [0, 0.05) is 6.20 Å². The number of aromatic carboxylic acids is 1. The third-order valence-electron chi connectivity index (χ3n) is 2.23. The van der Waals surface area contributed by atoms with Gasteiger partial charge in [-0.25, -0.2) is 9.59 Å². The van der Waals surface area contributed by atoms with Crippen molar-refractivity contribution in [3.05, 3.63) is 29.0 Å². The van der Waals surface area contributed by atoms with E-state index in [1.807, 2.05) is 6.92 Å². The molecule has 0 spiro atoms. The molecule has 2 aromatic rings. The number of urea groups is 1. The fraction of sp³-hybridized carbons (Fsp3) is 0.182. The number of anilines is 2. The Bertz CT molecular complexity index is 642. The fourth-order valence-corrected chi connectivity index (χ4v) is 2.01. The second-order valence-corrected chi connectivity index (χ2v) is 4.76. The van der Waals surface area contributed by atoms with Crippen LogP contribution in [0.25, 0.3) is 0 Å². The van der Waals surface area contributed by atoms with Gasteiger partial charge in [0.05, 0.1) is 17.4 Å². The summed E-state index contributed by atoms with van der Waals surface area (Å²) in [4.78, 5) is 26.2. The number of carbonyl (C=O) groups is 2. The summed E-state index contributed by atoms with van der Waals surface area (Å²) in [5.74, 6) is -1.11. The van der Waals surface area contributed by atoms with E-state index in [2.05, 4.69) is 25.8 Å². The van der Waals surface area contributed by atoms with E-state index >= 15 is 0 Å². The van der Waals surface area contributed by atoms with Crippen molar-refractivity contribution < 1.29 is 14.7 Å². The zero-order valence-corrected chi connectivity index (χ0v) is 11.3. The molecular formula is C11H11N5O3S. The van der Waals surface area contributed by atoms with Gasteiger partial charge < -0.3 is 10.4 Å². The van der Waals surface area contributed by atoms with Crippen LogP contribution in [-0.2, 0) is 6.42 Å². The fourth-order valence-electron chi connectivity index (χ4n) is 1.33. The first-order chi connectivity index (χ1) is 9.58. The largest absolute Gasteiger partial charge is 0.478 e. The molecule has 2 aromatic heterocycles. The normalized spacial score (nSPS) is 10.1. The number of rotatable bonds is 4. The lowest BCUT2D eigenvalue weighted by Crippen LogP contribution is -2.19. The van der Waals surface area contributed by atoms with Crippen molar-refractivity contribution in [3.63, 3.8) is 0 Å². The van der Waals surface area contributed by atoms with Crippen LogP contribution in [0.2, 0.25) is 0 Å². The van der Waals surface area contributed by atoms with Gasteiger partial charge in [-0.1, -0.05) is 18.3 Å². The van der Waals surface area contributed by atoms with Gasteiger partial charge in [-0.05, 0) is 12.5 Å². The van der Waals surface area contributed by atoms with Gasteiger partial charge in [0.15, 0.2) is 0 Å². The summed E-state index contributed by atoms with van der Waals surface area (Å²) in [7, 11) is 0. The SMILES string of the molecule is CCc1nnc(NC(=O)Nc2cncc(C(=O)O)c2)s1. The standard InChI is InChI=1S/C11H11N5O3S/c1-2-8-15-16-11(20-8)14-10(19)13-7-3-6(9(17)18)4-12-5-7/h3-5H,2H2,1H3,(H,17,18)(H2,13,14,16,19). The minimum absolute atomic E-state index is 0.00742. The first kappa shape index (κ1) is 13.9. The predicted molar refractivity (Wildman–Crippen MR) is 73.1 cm³/mol. The monoisotopic (exact) mass is 293 g/mol. The number of aromatic nitrogens is 3. The maximum atomic E-state index is 11.7. The summed E-state index contributed by atoms with van der Waals surface area (Å²) in [6, 6.07) is 0.778. The number of nitrogens with one attached hydrogen (secondary N) is 2. The molecule has 3 N–H and O–H groups in total. The highest BCUT2D eigenvalue weighted by molar-refractivity contribution is 7.15. The van der Waals surface area contributed by atoms with Crippen LogP contribution in [0.3, 0.4) is 0 Å². The van der Waals surface area contributed by atoms with E-state index in [4.69, 9.17) is 5.11 Å². The molecule has 9 heteroatoms. The summed E-state index contributed by atoms with van der Waals surface area (Å²) in [6.07, 6.45) is 3.29. The molecule has 0 aromatic carbocycles. The first-order valence-corrected chi connectivity index (χ1v) is 6.49. The molecule has 20 heavy (non-hydrogen) atoms. The number of nitrogens with zero attached hydrogens (tertiary/aromatic N) is 3. The smallest absolute Gasteiger partial charge is 0.337 e. The zero-order chi connectivity index (χ0) is 14.5. The van der Waals surface area contributed by atoms with Gasteiger partial charge in [0.1, 0.15) is 5.01 Å². The summed E-state index contributed by atoms with van der Waals surface area (Å²) in [5, 5.41) is 22.7. The highest BCUT2D eigenvalue weighted by atomic mass is 32.1. The molecule has 0 aliphatic carbocycles. The number of amides is 2. The quantitative estimate of drug-likeness (QED) is 0.791. The van der Waals surface area contributed by atoms with Gasteiger partial charge in [-0.2, -0.15) is 0 Å². The second kappa shape index (κ2) is 6.06. The number of aryl methyl sites for hydroxylation is 1. The van der Waals surface area contributed by atoms with Crippen molar-refractivity contribution in [1.82, 2.24) is 15.2 Å². The number of pyridine rings is 1. The van der Waals surface area contributed by atoms with E-state index in [-0.39, 0.29) is 11.3 Å². The highest BCUT2D eigenvalue weighted by Gasteiger charge is 2.09. The van der Waals surface area contributed by atoms with E-state index in [0.29, 0.717) is 5.13 Å². The van der Waals surface area contributed by atoms with Crippen molar-refractivity contribution in [2.75, 3.05) is 10.6 Å². The average molecular weight is 293 g/mol. The van der Waals surface area contributed by atoms with E-state index in [1.54, 1.807) is 0 Å². The molecule has 0 radical (unpaired) electrons. The summed E-state index contributed by atoms with van der Waals surface area (Å²) in [6.45, 7) is 1.94. The number of carboxylic acids is 1. The molecule has 0 saturated heterocycles. The van der Waals surface area contributed by atoms with E-state index in [0.717, 1.165) is 11.4 Å². The highest BCUT2D eigenvalue weighted by Crippen LogP contribution is 2.16. The third-order valence-corrected chi connectivity index (χ3v) is 3.22. The topological polar surface area (TPSA) is 117 Å². The van der Waals surface area contributed by atoms with Gasteiger partial charge in [0.25, 0.3) is 0 Å². The average Bonchev–Trinajstić information content (AvgIpc) is 2.86. The van der Waals surface area contributed by atoms with Crippen LogP contribution in [0.1, 0.15) is 22.3 Å². The molecule has 8 nitrogen and oxygen atoms in total. The lowest BCUT2D eigenvalue weighted by Gasteiger charge is -2.05. The number of hydrogen-bond donors (Lipinski definition) is 3. The molecular weight excluding hydrogens is 282 g/mol. The van der Waals surface area contributed by atoms with Crippen LogP contribution >= 0.6 is 11.3 Å². The van der Waals surface area contributed by atoms with Crippen molar-refractivity contribution >= 4 is 34.2 Å². The zero-order valence-electron chi connectivity index (χ0n) is 10.5. The summed E-state index contributed by atoms with van der Waals surface area (Å²) < 4.78 is 0. The minimum Gasteiger partial charge on any atom is -0.478 e. The van der Waals surface area contributed by atoms with Gasteiger partial charge in [-0.15, -0.1) is 10.2 Å². The first-order valence-electron chi connectivity index (χ1n) is 5.67. The van der Waals surface area contributed by atoms with Crippen LogP contribution in [-0.4, -0.2) is 32.3 Å². The van der Waals surface area contributed by atoms with Crippen LogP contribution in [0, 0.1) is 0 Å². The van der Waals surface area contributed by atoms with Crippen molar-refractivity contribution in [2.24, 2.45) is 0 Å². The molecule has 0 aliphatic heterocycles. The van der Waals surface area contributed by atoms with Crippen LogP contribution in [0.5, 0.6) is 0 Å².